The average Bonchev–Trinajstić information content (AvgIpc) is 2.12. The molecular formula is C11H10BrN. The van der Waals surface area contributed by atoms with Gasteiger partial charge in [-0.1, -0.05) is 23.8 Å². The number of fused-ring (bicyclic) bond motifs is 1. The molecule has 0 radical (unpaired) electrons. The second kappa shape index (κ2) is 3.11. The number of hydrogen-bond acceptors (Lipinski definition) is 1. The van der Waals surface area contributed by atoms with Crippen LogP contribution in [0.5, 0.6) is 0 Å². The van der Waals surface area contributed by atoms with Gasteiger partial charge in [0, 0.05) is 21.7 Å². The van der Waals surface area contributed by atoms with Crippen LogP contribution in [0.3, 0.4) is 0 Å². The minimum absolute atomic E-state index is 1.07. The number of halogens is 1. The first-order valence-corrected chi connectivity index (χ1v) is 4.99. The van der Waals surface area contributed by atoms with Gasteiger partial charge in [0.2, 0.25) is 0 Å². The number of benzene rings is 1. The zero-order valence-electron chi connectivity index (χ0n) is 7.63. The minimum atomic E-state index is 1.07. The van der Waals surface area contributed by atoms with Gasteiger partial charge in [0.05, 0.1) is 0 Å². The molecule has 0 saturated carbocycles. The van der Waals surface area contributed by atoms with Crippen molar-refractivity contribution in [1.29, 1.82) is 0 Å². The lowest BCUT2D eigenvalue weighted by atomic mass is 10.1. The van der Waals surface area contributed by atoms with Crippen LogP contribution in [0.2, 0.25) is 0 Å². The molecule has 0 fully saturated rings. The van der Waals surface area contributed by atoms with Crippen LogP contribution in [0.25, 0.3) is 10.8 Å². The van der Waals surface area contributed by atoms with Crippen LogP contribution in [0.15, 0.2) is 28.9 Å². The summed E-state index contributed by atoms with van der Waals surface area (Å²) in [4.78, 5) is 4.29. The van der Waals surface area contributed by atoms with E-state index in [2.05, 4.69) is 46.0 Å². The highest BCUT2D eigenvalue weighted by Gasteiger charge is 2.01. The molecule has 2 rings (SSSR count). The van der Waals surface area contributed by atoms with Crippen molar-refractivity contribution in [2.75, 3.05) is 0 Å². The van der Waals surface area contributed by atoms with E-state index in [1.807, 2.05) is 13.1 Å². The first-order valence-electron chi connectivity index (χ1n) is 4.20. The Hall–Kier alpha value is -0.890. The van der Waals surface area contributed by atoms with Crippen molar-refractivity contribution >= 4 is 26.7 Å². The van der Waals surface area contributed by atoms with Crippen LogP contribution in [0.4, 0.5) is 0 Å². The van der Waals surface area contributed by atoms with Crippen LogP contribution in [-0.4, -0.2) is 4.98 Å². The lowest BCUT2D eigenvalue weighted by Crippen LogP contribution is -1.85. The van der Waals surface area contributed by atoms with Crippen molar-refractivity contribution in [3.8, 4) is 0 Å². The van der Waals surface area contributed by atoms with Crippen LogP contribution < -0.4 is 0 Å². The van der Waals surface area contributed by atoms with Crippen LogP contribution in [0.1, 0.15) is 11.3 Å². The van der Waals surface area contributed by atoms with E-state index < -0.39 is 0 Å². The largest absolute Gasteiger partial charge is 0.260 e. The molecule has 1 nitrogen and oxygen atoms in total. The van der Waals surface area contributed by atoms with Gasteiger partial charge >= 0.3 is 0 Å². The van der Waals surface area contributed by atoms with Crippen molar-refractivity contribution in [3.63, 3.8) is 0 Å². The molecule has 0 aliphatic rings. The molecule has 0 unspecified atom stereocenters. The Morgan fingerprint density at radius 2 is 1.92 bits per heavy atom. The number of nitrogens with zero attached hydrogens (tertiary/aromatic N) is 1. The molecule has 0 atom stereocenters. The third-order valence-electron chi connectivity index (χ3n) is 2.19. The molecule has 0 aliphatic heterocycles. The van der Waals surface area contributed by atoms with Crippen LogP contribution in [0, 0.1) is 13.8 Å². The summed E-state index contributed by atoms with van der Waals surface area (Å²) in [5.41, 5.74) is 2.36. The van der Waals surface area contributed by atoms with Crippen molar-refractivity contribution in [1.82, 2.24) is 4.98 Å². The van der Waals surface area contributed by atoms with E-state index >= 15 is 0 Å². The highest BCUT2D eigenvalue weighted by Crippen LogP contribution is 2.25. The lowest BCUT2D eigenvalue weighted by Gasteiger charge is -2.04. The molecule has 0 aliphatic carbocycles. The molecule has 66 valence electrons. The normalized spacial score (nSPS) is 10.7. The molecule has 1 heterocycles. The van der Waals surface area contributed by atoms with Gasteiger partial charge in [-0.05, 0) is 35.2 Å². The number of aryl methyl sites for hydroxylation is 2. The molecule has 2 heteroatoms. The highest BCUT2D eigenvalue weighted by molar-refractivity contribution is 9.10. The Bertz CT molecular complexity index is 463. The molecule has 0 amide bonds. The maximum absolute atomic E-state index is 4.29. The summed E-state index contributed by atoms with van der Waals surface area (Å²) < 4.78 is 1.07. The van der Waals surface area contributed by atoms with Gasteiger partial charge < -0.3 is 0 Å². The maximum atomic E-state index is 4.29. The predicted octanol–water partition coefficient (Wildman–Crippen LogP) is 3.61. The van der Waals surface area contributed by atoms with E-state index in [-0.39, 0.29) is 0 Å². The molecule has 0 spiro atoms. The molecular weight excluding hydrogens is 226 g/mol. The van der Waals surface area contributed by atoms with Crippen molar-refractivity contribution in [2.45, 2.75) is 13.8 Å². The van der Waals surface area contributed by atoms with E-state index in [4.69, 9.17) is 0 Å². The van der Waals surface area contributed by atoms with Crippen molar-refractivity contribution in [3.05, 3.63) is 40.1 Å². The van der Waals surface area contributed by atoms with Gasteiger partial charge in [-0.3, -0.25) is 4.98 Å². The topological polar surface area (TPSA) is 12.9 Å². The Balaban J connectivity index is 2.92. The third-order valence-corrected chi connectivity index (χ3v) is 2.83. The minimum Gasteiger partial charge on any atom is -0.260 e. The average molecular weight is 236 g/mol. The van der Waals surface area contributed by atoms with Crippen molar-refractivity contribution < 1.29 is 0 Å². The Morgan fingerprint density at radius 3 is 2.69 bits per heavy atom. The standard InChI is InChI=1S/C11H10BrN/c1-7-3-4-9-8(2)13-6-11(12)10(9)5-7/h3-6H,1-2H3. The van der Waals surface area contributed by atoms with E-state index in [0.717, 1.165) is 10.2 Å². The summed E-state index contributed by atoms with van der Waals surface area (Å²) in [5.74, 6) is 0. The molecule has 2 aromatic rings. The first kappa shape index (κ1) is 8.70. The van der Waals surface area contributed by atoms with Gasteiger partial charge in [-0.15, -0.1) is 0 Å². The number of rotatable bonds is 0. The van der Waals surface area contributed by atoms with Gasteiger partial charge in [-0.25, -0.2) is 0 Å². The number of pyridine rings is 1. The first-order chi connectivity index (χ1) is 6.18. The van der Waals surface area contributed by atoms with Crippen LogP contribution >= 0.6 is 15.9 Å². The van der Waals surface area contributed by atoms with Crippen LogP contribution in [-0.2, 0) is 0 Å². The SMILES string of the molecule is Cc1ccc2c(C)ncc(Br)c2c1. The number of hydrogen-bond donors (Lipinski definition) is 0. The molecule has 0 bridgehead atoms. The maximum Gasteiger partial charge on any atom is 0.0451 e. The van der Waals surface area contributed by atoms with Gasteiger partial charge in [-0.2, -0.15) is 0 Å². The quantitative estimate of drug-likeness (QED) is 0.680. The summed E-state index contributed by atoms with van der Waals surface area (Å²) >= 11 is 3.50. The van der Waals surface area contributed by atoms with Gasteiger partial charge in [0.25, 0.3) is 0 Å². The molecule has 1 aromatic heterocycles. The Morgan fingerprint density at radius 1 is 1.15 bits per heavy atom. The highest BCUT2D eigenvalue weighted by atomic mass is 79.9. The smallest absolute Gasteiger partial charge is 0.0451 e. The lowest BCUT2D eigenvalue weighted by molar-refractivity contribution is 1.22. The monoisotopic (exact) mass is 235 g/mol. The summed E-state index contributed by atoms with van der Waals surface area (Å²) in [5, 5.41) is 2.47. The summed E-state index contributed by atoms with van der Waals surface area (Å²) in [7, 11) is 0. The van der Waals surface area contributed by atoms with E-state index in [0.29, 0.717) is 0 Å². The second-order valence-corrected chi connectivity index (χ2v) is 4.09. The van der Waals surface area contributed by atoms with E-state index in [1.165, 1.54) is 16.3 Å². The third kappa shape index (κ3) is 1.46. The van der Waals surface area contributed by atoms with E-state index in [9.17, 15) is 0 Å². The van der Waals surface area contributed by atoms with Gasteiger partial charge in [0.1, 0.15) is 0 Å². The summed E-state index contributed by atoms with van der Waals surface area (Å²) in [6.45, 7) is 4.13. The fourth-order valence-electron chi connectivity index (χ4n) is 1.46. The zero-order valence-corrected chi connectivity index (χ0v) is 9.22. The molecule has 0 N–H and O–H groups in total. The fraction of sp³-hybridized carbons (Fsp3) is 0.182. The molecule has 13 heavy (non-hydrogen) atoms. The number of aromatic nitrogens is 1. The Labute approximate surface area is 85.9 Å². The van der Waals surface area contributed by atoms with Crippen molar-refractivity contribution in [2.24, 2.45) is 0 Å². The molecule has 1 aromatic carbocycles. The Kier molecular flexibility index (Phi) is 2.08. The fourth-order valence-corrected chi connectivity index (χ4v) is 1.89. The van der Waals surface area contributed by atoms with E-state index in [1.54, 1.807) is 0 Å². The van der Waals surface area contributed by atoms with Gasteiger partial charge in [0.15, 0.2) is 0 Å². The second-order valence-electron chi connectivity index (χ2n) is 3.24. The summed E-state index contributed by atoms with van der Waals surface area (Å²) in [6.07, 6.45) is 1.86. The predicted molar refractivity (Wildman–Crippen MR) is 58.9 cm³/mol. The summed E-state index contributed by atoms with van der Waals surface area (Å²) in [6, 6.07) is 6.41. The molecule has 0 saturated heterocycles. The zero-order chi connectivity index (χ0) is 9.42.